The molecule has 0 aliphatic heterocycles. The fourth-order valence-electron chi connectivity index (χ4n) is 0. The van der Waals surface area contributed by atoms with Gasteiger partial charge in [0.1, 0.15) is 0 Å². The summed E-state index contributed by atoms with van der Waals surface area (Å²) in [7, 11) is 0. The number of hydrogen-bond donors (Lipinski definition) is 0. The summed E-state index contributed by atoms with van der Waals surface area (Å²) in [6.07, 6.45) is 0. The van der Waals surface area contributed by atoms with Crippen LogP contribution in [0.4, 0.5) is 0 Å². The molecule has 0 radical (unpaired) electrons. The third-order valence-corrected chi connectivity index (χ3v) is 0. The average Bonchev–Trinajstić information content (AvgIpc) is 0. The summed E-state index contributed by atoms with van der Waals surface area (Å²) in [5, 5.41) is 0. The maximum Gasteiger partial charge on any atom is 0.316 e. The van der Waals surface area contributed by atoms with E-state index in [-0.39, 0.29) is 471 Å². The van der Waals surface area contributed by atoms with Gasteiger partial charge in [-0.2, -0.15) is 0 Å². The van der Waals surface area contributed by atoms with Crippen molar-refractivity contribution >= 4 is 471 Å². The monoisotopic (exact) mass is 1250 g/mol. The van der Waals surface area contributed by atoms with Gasteiger partial charge in [0.05, 0.1) is 0 Å². The van der Waals surface area contributed by atoms with Gasteiger partial charge in [0.2, 0.25) is 0 Å². The zero-order valence-corrected chi connectivity index (χ0v) is 18.3. The van der Waals surface area contributed by atoms with E-state index < -0.39 is 0 Å². The van der Waals surface area contributed by atoms with Gasteiger partial charge in [-0.15, -0.1) is 160 Å². The zero-order valence-electron chi connectivity index (χ0n) is 3.67. The topological polar surface area (TPSA) is 0 Å². The first-order chi connectivity index (χ1) is 0. The van der Waals surface area contributed by atoms with Crippen LogP contribution in [0.5, 0.6) is 0 Å². The summed E-state index contributed by atoms with van der Waals surface area (Å²) in [5.74, 6) is 0. The van der Waals surface area contributed by atoms with Crippen LogP contribution in [-0.4, -0.2) is 310 Å². The van der Waals surface area contributed by atoms with E-state index in [4.69, 9.17) is 0 Å². The number of rotatable bonds is 0. The second-order valence-corrected chi connectivity index (χ2v) is 0. The smallest absolute Gasteiger partial charge is 0.316 e. The fraction of sp³-hybridized carbons (Fsp3) is 0. The minimum Gasteiger partial charge on any atom is 0.316 e. The van der Waals surface area contributed by atoms with Crippen LogP contribution >= 0.6 is 160 Å². The third kappa shape index (κ3) is 155. The summed E-state index contributed by atoms with van der Waals surface area (Å²) in [5.41, 5.74) is 0. The molecular weight excluding hydrogens is 1220 g/mol. The Balaban J connectivity index is 0. The summed E-state index contributed by atoms with van der Waals surface area (Å²) in [4.78, 5) is 0. The Morgan fingerprint density at radius 2 is 0.350 bits per heavy atom. The van der Waals surface area contributed by atoms with Crippen LogP contribution in [0.1, 0.15) is 0 Å². The standard InChI is InChI=1S/2Ba.3Be.3BrH.3Ca.3ClH.3HI.3Mg.22H/h;;;;;3*1H;;;;6*1H;;;;;;;;;;;;;;;;;;;;;;;;;. The van der Waals surface area contributed by atoms with Gasteiger partial charge in [0, 0.05) is 0 Å². The minimum atomic E-state index is 0. The molecule has 0 aromatic carbocycles. The van der Waals surface area contributed by atoms with Crippen molar-refractivity contribution in [3.05, 3.63) is 0 Å². The quantitative estimate of drug-likeness (QED) is 0.169. The summed E-state index contributed by atoms with van der Waals surface area (Å²) >= 11 is 0. The van der Waals surface area contributed by atoms with Gasteiger partial charge in [0.15, 0.2) is 0 Å². The molecule has 116 valence electrons. The van der Waals surface area contributed by atoms with Crippen molar-refractivity contribution in [2.45, 2.75) is 0 Å². The molecule has 0 nitrogen and oxygen atoms in total. The maximum absolute atomic E-state index is 0. The van der Waals surface area contributed by atoms with E-state index in [0.717, 1.165) is 0 Å². The molecule has 0 aromatic heterocycles. The Bertz CT molecular complexity index is 55.9. The molecule has 0 aliphatic rings. The van der Waals surface area contributed by atoms with Gasteiger partial charge < -0.3 is 0 Å². The summed E-state index contributed by atoms with van der Waals surface area (Å²) < 4.78 is 0. The van der Waals surface area contributed by atoms with Crippen LogP contribution in [-0.2, 0) is 0 Å². The van der Waals surface area contributed by atoms with E-state index >= 15 is 0 Å². The van der Waals surface area contributed by atoms with Gasteiger partial charge in [-0.1, -0.05) is 0 Å². The van der Waals surface area contributed by atoms with E-state index in [0.29, 0.717) is 0 Å². The molecule has 0 saturated heterocycles. The zero-order chi connectivity index (χ0) is 0. The third-order valence-electron chi connectivity index (χ3n) is 0. The Morgan fingerprint density at radius 1 is 0.350 bits per heavy atom. The van der Waals surface area contributed by atoms with Crippen LogP contribution in [0.25, 0.3) is 0 Å². The van der Waals surface area contributed by atoms with Gasteiger partial charge in [-0.3, -0.25) is 0 Å². The first-order valence-corrected chi connectivity index (χ1v) is 0. The fourth-order valence-corrected chi connectivity index (χ4v) is 0. The van der Waals surface area contributed by atoms with Crippen molar-refractivity contribution in [2.75, 3.05) is 0 Å². The van der Waals surface area contributed by atoms with Crippen molar-refractivity contribution in [1.82, 2.24) is 0 Å². The number of halogens is 9. The molecule has 20 heavy (non-hydrogen) atoms. The molecule has 20 heteroatoms. The molecule has 0 saturated carbocycles. The Labute approximate surface area is 455 Å². The van der Waals surface area contributed by atoms with Crippen LogP contribution in [0.15, 0.2) is 0 Å². The molecular formula is H31Ba2Be3Br3Ca3Cl3I3Mg3. The molecule has 0 N–H and O–H groups in total. The van der Waals surface area contributed by atoms with Gasteiger partial charge in [-0.25, -0.2) is 0 Å². The van der Waals surface area contributed by atoms with Gasteiger partial charge >= 0.3 is 310 Å². The predicted molar refractivity (Wildman–Crippen MR) is 193 cm³/mol. The molecule has 0 spiro atoms. The second kappa shape index (κ2) is 170. The minimum absolute atomic E-state index is 0. The Kier molecular flexibility index (Phi) is 1590. The maximum atomic E-state index is 0. The van der Waals surface area contributed by atoms with Crippen molar-refractivity contribution in [3.63, 3.8) is 0 Å². The van der Waals surface area contributed by atoms with E-state index in [2.05, 4.69) is 0 Å². The first-order valence-electron chi connectivity index (χ1n) is 0. The van der Waals surface area contributed by atoms with Crippen LogP contribution in [0.2, 0.25) is 0 Å². The van der Waals surface area contributed by atoms with Crippen molar-refractivity contribution in [2.24, 2.45) is 0 Å². The van der Waals surface area contributed by atoms with E-state index in [9.17, 15) is 0 Å². The average molecular weight is 1250 g/mol. The molecule has 0 unspecified atom stereocenters. The molecule has 0 rings (SSSR count). The van der Waals surface area contributed by atoms with E-state index in [1.807, 2.05) is 0 Å². The molecule has 0 heterocycles. The Morgan fingerprint density at radius 3 is 0.350 bits per heavy atom. The van der Waals surface area contributed by atoms with Gasteiger partial charge in [0.25, 0.3) is 0 Å². The van der Waals surface area contributed by atoms with E-state index in [1.54, 1.807) is 0 Å². The van der Waals surface area contributed by atoms with Crippen LogP contribution < -0.4 is 0 Å². The molecule has 0 amide bonds. The van der Waals surface area contributed by atoms with Crippen LogP contribution in [0, 0.1) is 0 Å². The summed E-state index contributed by atoms with van der Waals surface area (Å²) in [6, 6.07) is 0. The Hall–Kier alpha value is 14.2. The number of hydrogen-bond acceptors (Lipinski definition) is 0. The van der Waals surface area contributed by atoms with Crippen molar-refractivity contribution in [1.29, 1.82) is 0 Å². The van der Waals surface area contributed by atoms with E-state index in [1.165, 1.54) is 0 Å². The largest absolute Gasteiger partial charge is 0.316 e. The predicted octanol–water partition coefficient (Wildman–Crippen LogP) is -5.23. The second-order valence-electron chi connectivity index (χ2n) is 0. The van der Waals surface area contributed by atoms with Crippen molar-refractivity contribution in [3.8, 4) is 0 Å². The molecule has 0 atom stereocenters. The molecule has 0 bridgehead atoms. The summed E-state index contributed by atoms with van der Waals surface area (Å²) in [6.45, 7) is 0. The van der Waals surface area contributed by atoms with Crippen LogP contribution in [0.3, 0.4) is 0 Å². The molecule has 0 aliphatic carbocycles. The molecule has 0 fully saturated rings. The van der Waals surface area contributed by atoms with Crippen molar-refractivity contribution < 1.29 is 0 Å². The normalized spacial score (nSPS) is 0. The van der Waals surface area contributed by atoms with Gasteiger partial charge in [-0.05, 0) is 0 Å². The molecule has 0 aromatic rings. The SMILES string of the molecule is Br.Br.Br.Cl.Cl.Cl.I.I.I.[BaH2].[BaH2].[BeH2].[BeH2].[BeH2].[CaH2].[CaH2].[CaH2].[MgH2].[MgH2].[MgH2]. The first kappa shape index (κ1) is 187.